The van der Waals surface area contributed by atoms with E-state index in [0.717, 1.165) is 33.3 Å². The van der Waals surface area contributed by atoms with Gasteiger partial charge in [0, 0.05) is 12.4 Å². The lowest BCUT2D eigenvalue weighted by molar-refractivity contribution is -0.125. The molecule has 0 radical (unpaired) electrons. The van der Waals surface area contributed by atoms with Crippen LogP contribution >= 0.6 is 0 Å². The van der Waals surface area contributed by atoms with Gasteiger partial charge in [0.2, 0.25) is 0 Å². The Morgan fingerprint density at radius 1 is 0.865 bits per heavy atom. The quantitative estimate of drug-likeness (QED) is 0.288. The number of para-hydroxylation sites is 1. The van der Waals surface area contributed by atoms with Crippen molar-refractivity contribution in [2.24, 2.45) is 0 Å². The van der Waals surface area contributed by atoms with Crippen LogP contribution in [-0.4, -0.2) is 35.0 Å². The van der Waals surface area contributed by atoms with Crippen LogP contribution in [-0.2, 0) is 11.4 Å². The molecule has 0 bridgehead atoms. The van der Waals surface area contributed by atoms with E-state index in [1.165, 1.54) is 12.1 Å². The molecule has 7 heteroatoms. The van der Waals surface area contributed by atoms with Crippen molar-refractivity contribution in [3.63, 3.8) is 0 Å². The molecule has 0 spiro atoms. The number of ether oxygens (including phenoxy) is 2. The minimum atomic E-state index is -2.89. The average molecular weight is 501 g/mol. The largest absolute Gasteiger partial charge is 0.487 e. The molecule has 5 nitrogen and oxygen atoms in total. The van der Waals surface area contributed by atoms with Crippen molar-refractivity contribution in [1.82, 2.24) is 9.88 Å². The Morgan fingerprint density at radius 3 is 2.22 bits per heavy atom. The van der Waals surface area contributed by atoms with Crippen LogP contribution < -0.4 is 9.47 Å². The van der Waals surface area contributed by atoms with Gasteiger partial charge in [0.1, 0.15) is 18.1 Å². The number of alkyl halides is 2. The molecule has 0 aliphatic carbocycles. The second-order valence-electron chi connectivity index (χ2n) is 9.38. The van der Waals surface area contributed by atoms with Crippen molar-refractivity contribution in [2.45, 2.75) is 32.6 Å². The highest BCUT2D eigenvalue weighted by molar-refractivity contribution is 6.31. The van der Waals surface area contributed by atoms with Crippen LogP contribution in [0.3, 0.4) is 0 Å². The predicted octanol–water partition coefficient (Wildman–Crippen LogP) is 6.58. The number of aromatic nitrogens is 1. The summed E-state index contributed by atoms with van der Waals surface area (Å²) in [5.74, 6) is 0.619. The molecule has 1 aliphatic rings. The van der Waals surface area contributed by atoms with Crippen molar-refractivity contribution >= 4 is 28.0 Å². The zero-order chi connectivity index (χ0) is 26.2. The summed E-state index contributed by atoms with van der Waals surface area (Å²) in [5.41, 5.74) is 4.04. The number of fused-ring (bicyclic) bond motifs is 1. The number of halogens is 2. The maximum Gasteiger partial charge on any atom is 0.387 e. The Morgan fingerprint density at radius 2 is 1.51 bits per heavy atom. The number of hydrogen-bond acceptors (Lipinski definition) is 4. The van der Waals surface area contributed by atoms with Crippen LogP contribution in [0, 0.1) is 0 Å². The van der Waals surface area contributed by atoms with Crippen LogP contribution in [0.15, 0.2) is 84.9 Å². The van der Waals surface area contributed by atoms with Crippen LogP contribution in [0.4, 0.5) is 8.78 Å². The van der Waals surface area contributed by atoms with E-state index in [1.54, 1.807) is 24.1 Å². The molecule has 0 atom stereocenters. The third kappa shape index (κ3) is 4.77. The Bertz CT molecular complexity index is 1480. The van der Waals surface area contributed by atoms with Crippen LogP contribution in [0.25, 0.3) is 22.0 Å². The van der Waals surface area contributed by atoms with E-state index >= 15 is 0 Å². The lowest BCUT2D eigenvalue weighted by Gasteiger charge is -2.31. The average Bonchev–Trinajstić information content (AvgIpc) is 3.07. The Kier molecular flexibility index (Phi) is 6.38. The van der Waals surface area contributed by atoms with E-state index in [4.69, 9.17) is 4.74 Å². The number of amides is 1. The molecule has 2 heterocycles. The molecule has 1 aliphatic heterocycles. The first kappa shape index (κ1) is 24.4. The van der Waals surface area contributed by atoms with Crippen molar-refractivity contribution < 1.29 is 23.0 Å². The molecular formula is C30H26F2N2O3. The minimum absolute atomic E-state index is 0.0683. The fraction of sp³-hybridized carbons (Fsp3) is 0.200. The van der Waals surface area contributed by atoms with E-state index in [1.807, 2.05) is 74.5 Å². The number of likely N-dealkylation sites (N-methyl/N-ethyl adjacent to an activating group) is 1. The zero-order valence-corrected chi connectivity index (χ0v) is 20.7. The standard InChI is InChI=1S/C30H26F2N2O3/c1-30(2)27(21-11-16-24(17-12-21)37-29(31)32)26(28(35)34(30)3)20-9-14-23(15-10-20)36-18-22-13-8-19-6-4-5-7-25(19)33-22/h4-17,29H,18H2,1-3H3. The van der Waals surface area contributed by atoms with Crippen molar-refractivity contribution in [3.8, 4) is 11.5 Å². The Hall–Kier alpha value is -4.26. The summed E-state index contributed by atoms with van der Waals surface area (Å²) in [4.78, 5) is 19.7. The van der Waals surface area contributed by atoms with Crippen LogP contribution in [0.2, 0.25) is 0 Å². The maximum atomic E-state index is 13.3. The summed E-state index contributed by atoms with van der Waals surface area (Å²) in [6.45, 7) is 1.35. The van der Waals surface area contributed by atoms with Gasteiger partial charge in [0.25, 0.3) is 5.91 Å². The molecule has 1 aromatic heterocycles. The molecule has 5 rings (SSSR count). The van der Waals surface area contributed by atoms with Crippen molar-refractivity contribution in [2.75, 3.05) is 7.05 Å². The van der Waals surface area contributed by atoms with Gasteiger partial charge >= 0.3 is 6.61 Å². The highest BCUT2D eigenvalue weighted by Crippen LogP contribution is 2.45. The minimum Gasteiger partial charge on any atom is -0.487 e. The number of carbonyl (C=O) groups excluding carboxylic acids is 1. The second-order valence-corrected chi connectivity index (χ2v) is 9.38. The van der Waals surface area contributed by atoms with E-state index < -0.39 is 12.2 Å². The van der Waals surface area contributed by atoms with Gasteiger partial charge in [-0.1, -0.05) is 48.5 Å². The smallest absolute Gasteiger partial charge is 0.387 e. The first-order chi connectivity index (χ1) is 17.7. The van der Waals surface area contributed by atoms with E-state index in [2.05, 4.69) is 9.72 Å². The summed E-state index contributed by atoms with van der Waals surface area (Å²) >= 11 is 0. The molecule has 37 heavy (non-hydrogen) atoms. The fourth-order valence-electron chi connectivity index (χ4n) is 4.63. The highest BCUT2D eigenvalue weighted by atomic mass is 19.3. The molecule has 0 fully saturated rings. The fourth-order valence-corrected chi connectivity index (χ4v) is 4.63. The van der Waals surface area contributed by atoms with Gasteiger partial charge in [-0.3, -0.25) is 4.79 Å². The SMILES string of the molecule is CN1C(=O)C(c2ccc(OCc3ccc4ccccc4n3)cc2)=C(c2ccc(OC(F)F)cc2)C1(C)C. The summed E-state index contributed by atoms with van der Waals surface area (Å²) in [6.07, 6.45) is 0. The van der Waals surface area contributed by atoms with E-state index in [0.29, 0.717) is 17.9 Å². The third-order valence-corrected chi connectivity index (χ3v) is 6.77. The van der Waals surface area contributed by atoms with Gasteiger partial charge in [-0.15, -0.1) is 0 Å². The first-order valence-corrected chi connectivity index (χ1v) is 11.9. The number of nitrogens with zero attached hydrogens (tertiary/aromatic N) is 2. The summed E-state index contributed by atoms with van der Waals surface area (Å²) in [7, 11) is 1.76. The van der Waals surface area contributed by atoms with Gasteiger partial charge in [-0.25, -0.2) is 4.98 Å². The molecular weight excluding hydrogens is 474 g/mol. The molecule has 0 N–H and O–H groups in total. The second kappa shape index (κ2) is 9.65. The van der Waals surface area contributed by atoms with Crippen molar-refractivity contribution in [1.29, 1.82) is 0 Å². The maximum absolute atomic E-state index is 13.3. The number of benzene rings is 3. The number of carbonyl (C=O) groups is 1. The van der Waals surface area contributed by atoms with Gasteiger partial charge in [0.05, 0.1) is 22.3 Å². The Balaban J connectivity index is 1.41. The molecule has 3 aromatic carbocycles. The van der Waals surface area contributed by atoms with Crippen molar-refractivity contribution in [3.05, 3.63) is 102 Å². The lowest BCUT2D eigenvalue weighted by Crippen LogP contribution is -2.39. The van der Waals surface area contributed by atoms with E-state index in [9.17, 15) is 13.6 Å². The third-order valence-electron chi connectivity index (χ3n) is 6.77. The normalized spacial score (nSPS) is 15.1. The molecule has 0 saturated heterocycles. The van der Waals surface area contributed by atoms with Gasteiger partial charge in [-0.05, 0) is 66.9 Å². The lowest BCUT2D eigenvalue weighted by atomic mass is 9.85. The molecule has 0 unspecified atom stereocenters. The number of pyridine rings is 1. The van der Waals surface area contributed by atoms with Crippen LogP contribution in [0.1, 0.15) is 30.7 Å². The summed E-state index contributed by atoms with van der Waals surface area (Å²) < 4.78 is 35.6. The van der Waals surface area contributed by atoms with Gasteiger partial charge < -0.3 is 14.4 Å². The summed E-state index contributed by atoms with van der Waals surface area (Å²) in [5, 5.41) is 1.07. The first-order valence-electron chi connectivity index (χ1n) is 11.9. The van der Waals surface area contributed by atoms with E-state index in [-0.39, 0.29) is 11.7 Å². The Labute approximate surface area is 214 Å². The van der Waals surface area contributed by atoms with Gasteiger partial charge in [-0.2, -0.15) is 8.78 Å². The predicted molar refractivity (Wildman–Crippen MR) is 139 cm³/mol. The monoisotopic (exact) mass is 500 g/mol. The number of hydrogen-bond donors (Lipinski definition) is 0. The molecule has 0 saturated carbocycles. The zero-order valence-electron chi connectivity index (χ0n) is 20.7. The highest BCUT2D eigenvalue weighted by Gasteiger charge is 2.43. The molecule has 188 valence electrons. The van der Waals surface area contributed by atoms with Gasteiger partial charge in [0.15, 0.2) is 0 Å². The topological polar surface area (TPSA) is 51.7 Å². The molecule has 4 aromatic rings. The molecule has 1 amide bonds. The summed E-state index contributed by atoms with van der Waals surface area (Å²) in [6, 6.07) is 25.7. The van der Waals surface area contributed by atoms with Crippen LogP contribution in [0.5, 0.6) is 11.5 Å². The number of rotatable bonds is 7.